The maximum Gasteiger partial charge on any atom is 0.364 e. The van der Waals surface area contributed by atoms with Gasteiger partial charge in [0.25, 0.3) is 0 Å². The first kappa shape index (κ1) is 20.0. The minimum Gasteiger partial charge on any atom is -0.507 e. The molecule has 5 nitrogen and oxygen atoms in total. The van der Waals surface area contributed by atoms with Gasteiger partial charge in [-0.2, -0.15) is 0 Å². The van der Waals surface area contributed by atoms with Crippen molar-refractivity contribution < 1.29 is 19.0 Å². The van der Waals surface area contributed by atoms with Crippen molar-refractivity contribution >= 4 is 35.0 Å². The second-order valence-corrected chi connectivity index (χ2v) is 6.71. The molecule has 0 atom stereocenters. The number of phenols is 1. The van der Waals surface area contributed by atoms with Gasteiger partial charge in [-0.05, 0) is 43.5 Å². The molecule has 2 aromatic carbocycles. The van der Waals surface area contributed by atoms with E-state index in [4.69, 9.17) is 13.9 Å². The quantitative estimate of drug-likeness (QED) is 0.637. The molecule has 2 heterocycles. The molecule has 1 N–H and O–H groups in total. The Morgan fingerprint density at radius 3 is 2.50 bits per heavy atom. The molecule has 0 bridgehead atoms. The van der Waals surface area contributed by atoms with Crippen molar-refractivity contribution in [3.8, 4) is 17.2 Å². The van der Waals surface area contributed by atoms with Crippen LogP contribution in [-0.2, 0) is 6.54 Å². The summed E-state index contributed by atoms with van der Waals surface area (Å²) in [6.07, 6.45) is 1.94. The van der Waals surface area contributed by atoms with Crippen LogP contribution in [0.25, 0.3) is 22.6 Å². The van der Waals surface area contributed by atoms with Gasteiger partial charge in [0.2, 0.25) is 0 Å². The zero-order chi connectivity index (χ0) is 19.0. The molecule has 3 aromatic rings. The lowest BCUT2D eigenvalue weighted by Crippen LogP contribution is -2.25. The molecule has 1 aromatic heterocycles. The number of hydrogen-bond acceptors (Lipinski definition) is 4. The standard InChI is InChI=1S/C22H21NO4.ClH/c1-23-12-14(10-16-18(24)6-4-7-19(16)25-2)22-15(13-23)11-17-20(26-3)8-5-9-21(17)27-22;/h4-11H,12-13H2,1-3H3;1H/p+1/b14-10-;. The Kier molecular flexibility index (Phi) is 5.77. The smallest absolute Gasteiger partial charge is 0.364 e. The van der Waals surface area contributed by atoms with Crippen LogP contribution in [0.3, 0.4) is 0 Å². The number of rotatable bonds is 3. The molecule has 1 aliphatic rings. The Bertz CT molecular complexity index is 1050. The summed E-state index contributed by atoms with van der Waals surface area (Å²) < 4.78 is 17.2. The van der Waals surface area contributed by atoms with Gasteiger partial charge in [0, 0.05) is 19.2 Å². The maximum absolute atomic E-state index is 10.3. The highest BCUT2D eigenvalue weighted by Crippen LogP contribution is 2.37. The topological polar surface area (TPSA) is 53.2 Å². The van der Waals surface area contributed by atoms with E-state index in [0.717, 1.165) is 40.2 Å². The number of methoxy groups -OCH3 is 2. The summed E-state index contributed by atoms with van der Waals surface area (Å²) >= 11 is 0. The van der Waals surface area contributed by atoms with Gasteiger partial charge in [0.15, 0.2) is 0 Å². The molecule has 0 amide bonds. The average Bonchev–Trinajstić information content (AvgIpc) is 2.67. The summed E-state index contributed by atoms with van der Waals surface area (Å²) in [5.41, 5.74) is 3.50. The Morgan fingerprint density at radius 1 is 1.04 bits per heavy atom. The second-order valence-electron chi connectivity index (χ2n) is 6.71. The number of fused-ring (bicyclic) bond motifs is 2. The fourth-order valence-electron chi connectivity index (χ4n) is 3.59. The SMILES string of the molecule is COc1cccc(O)c1/C=C1/CN(C)Cc2cc3c(OC)cccc3[o+]c21.Cl. The number of ether oxygens (including phenoxy) is 2. The van der Waals surface area contributed by atoms with E-state index in [9.17, 15) is 5.11 Å². The third-order valence-corrected chi connectivity index (χ3v) is 4.82. The molecule has 0 saturated carbocycles. The van der Waals surface area contributed by atoms with E-state index in [1.807, 2.05) is 30.3 Å². The van der Waals surface area contributed by atoms with Gasteiger partial charge in [0.05, 0.1) is 30.9 Å². The summed E-state index contributed by atoms with van der Waals surface area (Å²) in [5.74, 6) is 2.43. The summed E-state index contributed by atoms with van der Waals surface area (Å²) in [6, 6.07) is 13.2. The van der Waals surface area contributed by atoms with E-state index in [-0.39, 0.29) is 18.2 Å². The van der Waals surface area contributed by atoms with Gasteiger partial charge < -0.3 is 14.6 Å². The zero-order valence-corrected chi connectivity index (χ0v) is 16.9. The van der Waals surface area contributed by atoms with Crippen molar-refractivity contribution in [3.05, 3.63) is 59.4 Å². The van der Waals surface area contributed by atoms with Gasteiger partial charge in [-0.1, -0.05) is 6.07 Å². The summed E-state index contributed by atoms with van der Waals surface area (Å²) in [7, 11) is 5.32. The first-order valence-electron chi connectivity index (χ1n) is 8.79. The normalized spacial score (nSPS) is 15.2. The molecule has 0 spiro atoms. The number of hydrogen-bond donors (Lipinski definition) is 1. The molecule has 6 heteroatoms. The molecule has 28 heavy (non-hydrogen) atoms. The van der Waals surface area contributed by atoms with Crippen LogP contribution in [0.1, 0.15) is 16.9 Å². The van der Waals surface area contributed by atoms with E-state index in [2.05, 4.69) is 18.0 Å². The van der Waals surface area contributed by atoms with E-state index in [1.54, 1.807) is 26.4 Å². The average molecular weight is 401 g/mol. The summed E-state index contributed by atoms with van der Waals surface area (Å²) in [5, 5.41) is 11.3. The van der Waals surface area contributed by atoms with Crippen LogP contribution in [0.15, 0.2) is 46.9 Å². The van der Waals surface area contributed by atoms with Crippen molar-refractivity contribution in [2.45, 2.75) is 6.54 Å². The van der Waals surface area contributed by atoms with Crippen LogP contribution in [0, 0.1) is 0 Å². The van der Waals surface area contributed by atoms with Crippen molar-refractivity contribution in [1.82, 2.24) is 4.90 Å². The summed E-state index contributed by atoms with van der Waals surface area (Å²) in [4.78, 5) is 2.21. The Hall–Kier alpha value is -2.76. The fraction of sp³-hybridized carbons (Fsp3) is 0.227. The van der Waals surface area contributed by atoms with Crippen LogP contribution in [0.2, 0.25) is 0 Å². The molecule has 1 aliphatic heterocycles. The van der Waals surface area contributed by atoms with Crippen molar-refractivity contribution in [1.29, 1.82) is 0 Å². The molecule has 0 unspecified atom stereocenters. The lowest BCUT2D eigenvalue weighted by atomic mass is 9.98. The van der Waals surface area contributed by atoms with Gasteiger partial charge >= 0.3 is 11.3 Å². The highest BCUT2D eigenvalue weighted by molar-refractivity contribution is 5.90. The van der Waals surface area contributed by atoms with E-state index >= 15 is 0 Å². The lowest BCUT2D eigenvalue weighted by Gasteiger charge is -2.22. The van der Waals surface area contributed by atoms with E-state index < -0.39 is 0 Å². The van der Waals surface area contributed by atoms with Crippen LogP contribution in [0.4, 0.5) is 0 Å². The first-order chi connectivity index (χ1) is 13.1. The number of benzene rings is 2. The number of phenolic OH excluding ortho intramolecular Hbond substituents is 1. The number of likely N-dealkylation sites (N-methyl/N-ethyl adjacent to an activating group) is 1. The molecule has 0 saturated heterocycles. The van der Waals surface area contributed by atoms with Crippen LogP contribution >= 0.6 is 12.4 Å². The van der Waals surface area contributed by atoms with Crippen LogP contribution in [-0.4, -0.2) is 37.8 Å². The third kappa shape index (κ3) is 3.51. The second kappa shape index (κ2) is 8.09. The molecule has 0 fully saturated rings. The van der Waals surface area contributed by atoms with E-state index in [1.165, 1.54) is 0 Å². The number of nitrogens with zero attached hydrogens (tertiary/aromatic N) is 1. The zero-order valence-electron chi connectivity index (χ0n) is 16.1. The minimum absolute atomic E-state index is 0. The predicted octanol–water partition coefficient (Wildman–Crippen LogP) is 4.84. The minimum atomic E-state index is 0. The lowest BCUT2D eigenvalue weighted by molar-refractivity contribution is 0.346. The Balaban J connectivity index is 0.00000225. The van der Waals surface area contributed by atoms with Crippen molar-refractivity contribution in [2.75, 3.05) is 27.8 Å². The number of aromatic hydroxyl groups is 1. The van der Waals surface area contributed by atoms with E-state index in [0.29, 0.717) is 17.9 Å². The molecule has 146 valence electrons. The van der Waals surface area contributed by atoms with Crippen LogP contribution in [0.5, 0.6) is 17.2 Å². The van der Waals surface area contributed by atoms with Gasteiger partial charge in [-0.15, -0.1) is 12.4 Å². The molecule has 4 rings (SSSR count). The molecule has 0 radical (unpaired) electrons. The largest absolute Gasteiger partial charge is 0.507 e. The third-order valence-electron chi connectivity index (χ3n) is 4.82. The monoisotopic (exact) mass is 400 g/mol. The van der Waals surface area contributed by atoms with Gasteiger partial charge in [-0.25, -0.2) is 4.42 Å². The van der Waals surface area contributed by atoms with Crippen molar-refractivity contribution in [2.24, 2.45) is 0 Å². The maximum atomic E-state index is 10.3. The highest BCUT2D eigenvalue weighted by atomic mass is 35.5. The highest BCUT2D eigenvalue weighted by Gasteiger charge is 2.31. The predicted molar refractivity (Wildman–Crippen MR) is 113 cm³/mol. The Labute approximate surface area is 170 Å². The molecular weight excluding hydrogens is 378 g/mol. The van der Waals surface area contributed by atoms with Crippen LogP contribution < -0.4 is 9.47 Å². The van der Waals surface area contributed by atoms with Crippen molar-refractivity contribution in [3.63, 3.8) is 0 Å². The number of halogens is 1. The fourth-order valence-corrected chi connectivity index (χ4v) is 3.59. The first-order valence-corrected chi connectivity index (χ1v) is 8.79. The van der Waals surface area contributed by atoms with Gasteiger partial charge in [-0.3, -0.25) is 4.90 Å². The Morgan fingerprint density at radius 2 is 1.75 bits per heavy atom. The summed E-state index contributed by atoms with van der Waals surface area (Å²) in [6.45, 7) is 1.49. The molecule has 0 aliphatic carbocycles. The van der Waals surface area contributed by atoms with Gasteiger partial charge in [0.1, 0.15) is 22.6 Å². The molecular formula is C22H23ClNO4+.